The standard InChI is InChI=1S/C17H11F3INO6S/c18-17(19,20)16(26)27-21(12-5-2-8-29-12)11-4-1-3-10(9-11)15(25)28-22-13(23)6-7-14(22)24/h1-5,8-9H,6-7H2. The molecule has 0 unspecified atom stereocenters. The normalized spacial score (nSPS) is 14.7. The number of imide groups is 1. The number of nitrogens with zero attached hydrogens (tertiary/aromatic N) is 1. The third-order valence-corrected chi connectivity index (χ3v) is 9.80. The first kappa shape index (κ1) is 21.2. The van der Waals surface area contributed by atoms with Crippen molar-refractivity contribution in [1.82, 2.24) is 5.06 Å². The van der Waals surface area contributed by atoms with Gasteiger partial charge in [0, 0.05) is 0 Å². The molecule has 29 heavy (non-hydrogen) atoms. The summed E-state index contributed by atoms with van der Waals surface area (Å²) in [5, 5.41) is 2.00. The molecule has 0 bridgehead atoms. The molecule has 7 nitrogen and oxygen atoms in total. The third kappa shape index (κ3) is 4.93. The summed E-state index contributed by atoms with van der Waals surface area (Å²) >= 11 is -2.18. The molecule has 3 rings (SSSR count). The van der Waals surface area contributed by atoms with E-state index >= 15 is 0 Å². The van der Waals surface area contributed by atoms with Crippen molar-refractivity contribution < 1.29 is 40.3 Å². The summed E-state index contributed by atoms with van der Waals surface area (Å²) < 4.78 is 43.5. The average molecular weight is 541 g/mol. The van der Waals surface area contributed by atoms with Crippen LogP contribution in [0.4, 0.5) is 13.2 Å². The SMILES string of the molecule is O=C(ON1C(=O)CCC1=O)c1cccc(I(OC(=O)C(F)(F)F)c2cccs2)c1. The van der Waals surface area contributed by atoms with Crippen molar-refractivity contribution in [1.29, 1.82) is 0 Å². The number of hydroxylamine groups is 2. The predicted molar refractivity (Wildman–Crippen MR) is 101 cm³/mol. The van der Waals surface area contributed by atoms with Crippen molar-refractivity contribution in [2.75, 3.05) is 0 Å². The van der Waals surface area contributed by atoms with Crippen LogP contribution in [-0.2, 0) is 22.3 Å². The molecule has 12 heteroatoms. The van der Waals surface area contributed by atoms with E-state index in [0.717, 1.165) is 11.3 Å². The number of benzene rings is 1. The number of carbonyl (C=O) groups is 4. The number of hydrogen-bond acceptors (Lipinski definition) is 7. The minimum absolute atomic E-state index is 0.0756. The first-order chi connectivity index (χ1) is 13.7. The summed E-state index contributed by atoms with van der Waals surface area (Å²) in [7, 11) is 0. The zero-order valence-electron chi connectivity index (χ0n) is 14.3. The van der Waals surface area contributed by atoms with Crippen LogP contribution in [0.3, 0.4) is 0 Å². The van der Waals surface area contributed by atoms with Crippen LogP contribution in [0.2, 0.25) is 0 Å². The van der Waals surface area contributed by atoms with Gasteiger partial charge >= 0.3 is 173 Å². The van der Waals surface area contributed by atoms with Gasteiger partial charge in [0.05, 0.1) is 0 Å². The molecule has 1 aliphatic heterocycles. The van der Waals surface area contributed by atoms with Gasteiger partial charge in [-0.25, -0.2) is 0 Å². The van der Waals surface area contributed by atoms with Crippen molar-refractivity contribution >= 4 is 55.3 Å². The average Bonchev–Trinajstić information content (AvgIpc) is 3.31. The van der Waals surface area contributed by atoms with E-state index in [2.05, 4.69) is 0 Å². The molecule has 1 aliphatic rings. The molecular weight excluding hydrogens is 530 g/mol. The first-order valence-electron chi connectivity index (χ1n) is 7.88. The topological polar surface area (TPSA) is 90.0 Å². The molecule has 2 heterocycles. The van der Waals surface area contributed by atoms with Gasteiger partial charge in [-0.3, -0.25) is 0 Å². The van der Waals surface area contributed by atoms with Gasteiger partial charge in [0.2, 0.25) is 0 Å². The number of halogens is 4. The molecule has 2 aromatic rings. The number of carbonyl (C=O) groups excluding carboxylic acids is 4. The van der Waals surface area contributed by atoms with Crippen LogP contribution < -0.4 is 0 Å². The quantitative estimate of drug-likeness (QED) is 0.425. The van der Waals surface area contributed by atoms with Crippen molar-refractivity contribution in [2.24, 2.45) is 0 Å². The third-order valence-electron chi connectivity index (χ3n) is 3.47. The zero-order chi connectivity index (χ0) is 21.2. The summed E-state index contributed by atoms with van der Waals surface area (Å²) in [6.45, 7) is 0. The summed E-state index contributed by atoms with van der Waals surface area (Å²) in [5.74, 6) is -4.66. The fourth-order valence-corrected chi connectivity index (χ4v) is 8.06. The Kier molecular flexibility index (Phi) is 6.21. The van der Waals surface area contributed by atoms with Gasteiger partial charge in [-0.15, -0.1) is 0 Å². The van der Waals surface area contributed by atoms with Gasteiger partial charge in [-0.2, -0.15) is 0 Å². The second-order valence-corrected chi connectivity index (χ2v) is 11.4. The molecular formula is C17H11F3INO6S. The summed E-state index contributed by atoms with van der Waals surface area (Å²) in [4.78, 5) is 51.6. The number of amides is 2. The van der Waals surface area contributed by atoms with E-state index in [1.54, 1.807) is 17.5 Å². The Labute approximate surface area is 173 Å². The molecule has 0 N–H and O–H groups in total. The van der Waals surface area contributed by atoms with Crippen LogP contribution in [0.1, 0.15) is 23.2 Å². The molecule has 0 saturated carbocycles. The van der Waals surface area contributed by atoms with Crippen LogP contribution in [0, 0.1) is 6.45 Å². The fraction of sp³-hybridized carbons (Fsp3) is 0.176. The van der Waals surface area contributed by atoms with E-state index in [1.807, 2.05) is 0 Å². The molecule has 1 aromatic carbocycles. The van der Waals surface area contributed by atoms with Crippen LogP contribution >= 0.6 is 31.6 Å². The van der Waals surface area contributed by atoms with Crippen molar-refractivity contribution in [3.05, 3.63) is 53.8 Å². The van der Waals surface area contributed by atoms with Gasteiger partial charge in [0.1, 0.15) is 0 Å². The Morgan fingerprint density at radius 1 is 1.07 bits per heavy atom. The van der Waals surface area contributed by atoms with Crippen LogP contribution in [0.15, 0.2) is 41.8 Å². The van der Waals surface area contributed by atoms with Gasteiger partial charge < -0.3 is 0 Å². The van der Waals surface area contributed by atoms with Gasteiger partial charge in [0.15, 0.2) is 0 Å². The van der Waals surface area contributed by atoms with E-state index in [9.17, 15) is 32.3 Å². The summed E-state index contributed by atoms with van der Waals surface area (Å²) in [6.07, 6.45) is -5.30. The molecule has 0 aliphatic carbocycles. The molecule has 0 spiro atoms. The van der Waals surface area contributed by atoms with E-state index in [-0.39, 0.29) is 22.0 Å². The Hall–Kier alpha value is -2.48. The Morgan fingerprint density at radius 2 is 1.76 bits per heavy atom. The van der Waals surface area contributed by atoms with Crippen LogP contribution in [0.25, 0.3) is 0 Å². The summed E-state index contributed by atoms with van der Waals surface area (Å²) in [6, 6.07) is 8.53. The van der Waals surface area contributed by atoms with Crippen LogP contribution in [0.5, 0.6) is 0 Å². The maximum atomic E-state index is 12.7. The number of thiophene rings is 1. The van der Waals surface area contributed by atoms with Gasteiger partial charge in [-0.05, 0) is 0 Å². The van der Waals surface area contributed by atoms with Gasteiger partial charge in [0.25, 0.3) is 0 Å². The van der Waals surface area contributed by atoms with E-state index in [4.69, 9.17) is 7.90 Å². The van der Waals surface area contributed by atoms with Crippen LogP contribution in [-0.4, -0.2) is 35.0 Å². The number of alkyl halides is 3. The second kappa shape index (κ2) is 8.49. The first-order valence-corrected chi connectivity index (χ1v) is 11.8. The summed E-state index contributed by atoms with van der Waals surface area (Å²) in [5.41, 5.74) is -0.100. The molecule has 1 fully saturated rings. The molecule has 1 saturated heterocycles. The maximum absolute atomic E-state index is 12.7. The Balaban J connectivity index is 1.86. The molecule has 0 atom stereocenters. The molecule has 2 amide bonds. The monoisotopic (exact) mass is 541 g/mol. The predicted octanol–water partition coefficient (Wildman–Crippen LogP) is 3.54. The number of hydrogen-bond donors (Lipinski definition) is 0. The molecule has 1 aromatic heterocycles. The van der Waals surface area contributed by atoms with E-state index in [0.29, 0.717) is 7.95 Å². The molecule has 154 valence electrons. The van der Waals surface area contributed by atoms with E-state index in [1.165, 1.54) is 24.3 Å². The van der Waals surface area contributed by atoms with Crippen molar-refractivity contribution in [2.45, 2.75) is 19.0 Å². The zero-order valence-corrected chi connectivity index (χ0v) is 17.2. The van der Waals surface area contributed by atoms with E-state index < -0.39 is 50.2 Å². The van der Waals surface area contributed by atoms with Crippen molar-refractivity contribution in [3.63, 3.8) is 0 Å². The fourth-order valence-electron chi connectivity index (χ4n) is 2.18. The second-order valence-electron chi connectivity index (χ2n) is 5.50. The van der Waals surface area contributed by atoms with Crippen molar-refractivity contribution in [3.8, 4) is 0 Å². The van der Waals surface area contributed by atoms with Gasteiger partial charge in [-0.1, -0.05) is 0 Å². The minimum atomic E-state index is -5.15. The molecule has 0 radical (unpaired) electrons. The Bertz CT molecular complexity index is 946. The number of rotatable bonds is 5. The Morgan fingerprint density at radius 3 is 2.34 bits per heavy atom.